The Balaban J connectivity index is 2.04. The Morgan fingerprint density at radius 3 is 2.39 bits per heavy atom. The van der Waals surface area contributed by atoms with Crippen LogP contribution in [0.5, 0.6) is 0 Å². The number of nitrogens with zero attached hydrogens (tertiary/aromatic N) is 1. The average Bonchev–Trinajstić information content (AvgIpc) is 2.76. The molecule has 1 aromatic heterocycles. The van der Waals surface area contributed by atoms with Gasteiger partial charge in [0.05, 0.1) is 5.60 Å². The SMILES string of the molecule is CCN(CC)c1ccc2cc(C(=O)NCC(C)(C)OCCC(C)(C)C(=O)NN)c(=O)oc2c1. The number of carbonyl (C=O) groups excluding carboxylic acids is 2. The number of amides is 2. The van der Waals surface area contributed by atoms with Crippen molar-refractivity contribution in [2.24, 2.45) is 11.3 Å². The van der Waals surface area contributed by atoms with E-state index in [0.29, 0.717) is 24.0 Å². The Bertz CT molecular complexity index is 1040. The molecule has 0 atom stereocenters. The number of fused-ring (bicyclic) bond motifs is 1. The average molecular weight is 461 g/mol. The molecule has 0 unspecified atom stereocenters. The summed E-state index contributed by atoms with van der Waals surface area (Å²) in [5.41, 5.74) is 1.41. The lowest BCUT2D eigenvalue weighted by molar-refractivity contribution is -0.131. The molecule has 1 heterocycles. The molecule has 2 amide bonds. The van der Waals surface area contributed by atoms with Gasteiger partial charge in [-0.05, 0) is 52.3 Å². The number of hydrazine groups is 1. The maximum Gasteiger partial charge on any atom is 0.349 e. The summed E-state index contributed by atoms with van der Waals surface area (Å²) in [4.78, 5) is 39.1. The smallest absolute Gasteiger partial charge is 0.349 e. The van der Waals surface area contributed by atoms with Gasteiger partial charge in [-0.15, -0.1) is 0 Å². The third-order valence-electron chi connectivity index (χ3n) is 5.73. The minimum absolute atomic E-state index is 0.0605. The summed E-state index contributed by atoms with van der Waals surface area (Å²) in [6, 6.07) is 7.15. The van der Waals surface area contributed by atoms with Gasteiger partial charge in [0.15, 0.2) is 0 Å². The van der Waals surface area contributed by atoms with Crippen LogP contribution in [0.15, 0.2) is 33.5 Å². The molecule has 182 valence electrons. The monoisotopic (exact) mass is 460 g/mol. The van der Waals surface area contributed by atoms with Crippen LogP contribution in [0.4, 0.5) is 5.69 Å². The van der Waals surface area contributed by atoms with Crippen LogP contribution in [0, 0.1) is 5.41 Å². The molecule has 4 N–H and O–H groups in total. The van der Waals surface area contributed by atoms with Crippen molar-refractivity contribution in [1.29, 1.82) is 0 Å². The van der Waals surface area contributed by atoms with Crippen LogP contribution in [0.3, 0.4) is 0 Å². The van der Waals surface area contributed by atoms with Crippen LogP contribution in [-0.4, -0.2) is 43.7 Å². The number of carbonyl (C=O) groups is 2. The molecule has 33 heavy (non-hydrogen) atoms. The van der Waals surface area contributed by atoms with Crippen LogP contribution in [0.1, 0.15) is 58.3 Å². The zero-order valence-electron chi connectivity index (χ0n) is 20.4. The fourth-order valence-electron chi connectivity index (χ4n) is 3.37. The highest BCUT2D eigenvalue weighted by atomic mass is 16.5. The first-order valence-electron chi connectivity index (χ1n) is 11.2. The van der Waals surface area contributed by atoms with Gasteiger partial charge in [0.1, 0.15) is 11.1 Å². The number of benzene rings is 1. The lowest BCUT2D eigenvalue weighted by Gasteiger charge is -2.28. The van der Waals surface area contributed by atoms with Crippen molar-refractivity contribution >= 4 is 28.5 Å². The van der Waals surface area contributed by atoms with E-state index in [2.05, 4.69) is 29.5 Å². The molecular formula is C24H36N4O5. The van der Waals surface area contributed by atoms with E-state index in [1.165, 1.54) is 0 Å². The van der Waals surface area contributed by atoms with Crippen molar-refractivity contribution in [3.8, 4) is 0 Å². The van der Waals surface area contributed by atoms with E-state index in [1.54, 1.807) is 19.9 Å². The molecule has 9 heteroatoms. The van der Waals surface area contributed by atoms with Crippen LogP contribution >= 0.6 is 0 Å². The van der Waals surface area contributed by atoms with Gasteiger partial charge >= 0.3 is 5.63 Å². The van der Waals surface area contributed by atoms with Gasteiger partial charge in [0.2, 0.25) is 5.91 Å². The van der Waals surface area contributed by atoms with Gasteiger partial charge < -0.3 is 19.4 Å². The summed E-state index contributed by atoms with van der Waals surface area (Å²) in [7, 11) is 0. The standard InChI is InChI=1S/C24H36N4O5/c1-7-28(8-2)17-10-9-16-13-18(21(30)33-19(16)14-17)20(29)26-15-24(5,6)32-12-11-23(3,4)22(31)27-25/h9-10,13-14H,7-8,11-12,15,25H2,1-6H3,(H,26,29)(H,27,31). The highest BCUT2D eigenvalue weighted by Crippen LogP contribution is 2.23. The number of anilines is 1. The van der Waals surface area contributed by atoms with Crippen molar-refractivity contribution in [3.05, 3.63) is 40.2 Å². The molecule has 9 nitrogen and oxygen atoms in total. The summed E-state index contributed by atoms with van der Waals surface area (Å²) in [6.45, 7) is 13.4. The molecule has 2 aromatic rings. The van der Waals surface area contributed by atoms with E-state index in [4.69, 9.17) is 15.0 Å². The van der Waals surface area contributed by atoms with Gasteiger partial charge in [0.25, 0.3) is 5.91 Å². The second-order valence-corrected chi connectivity index (χ2v) is 9.24. The van der Waals surface area contributed by atoms with E-state index in [9.17, 15) is 14.4 Å². The molecule has 0 saturated heterocycles. The lowest BCUT2D eigenvalue weighted by Crippen LogP contribution is -2.44. The number of hydrogen-bond donors (Lipinski definition) is 3. The highest BCUT2D eigenvalue weighted by molar-refractivity contribution is 5.97. The van der Waals surface area contributed by atoms with E-state index < -0.39 is 22.5 Å². The maximum absolute atomic E-state index is 12.7. The van der Waals surface area contributed by atoms with Gasteiger partial charge in [-0.1, -0.05) is 13.8 Å². The fraction of sp³-hybridized carbons (Fsp3) is 0.542. The summed E-state index contributed by atoms with van der Waals surface area (Å²) in [5.74, 6) is 4.41. The van der Waals surface area contributed by atoms with Crippen molar-refractivity contribution in [2.75, 3.05) is 31.1 Å². The van der Waals surface area contributed by atoms with E-state index in [-0.39, 0.29) is 18.0 Å². The van der Waals surface area contributed by atoms with Crippen molar-refractivity contribution < 1.29 is 18.7 Å². The van der Waals surface area contributed by atoms with Crippen LogP contribution < -0.4 is 27.1 Å². The second kappa shape index (κ2) is 10.8. The second-order valence-electron chi connectivity index (χ2n) is 9.24. The molecule has 0 radical (unpaired) electrons. The van der Waals surface area contributed by atoms with Crippen LogP contribution in [0.25, 0.3) is 11.0 Å². The first-order valence-corrected chi connectivity index (χ1v) is 11.2. The van der Waals surface area contributed by atoms with Gasteiger partial charge in [0, 0.05) is 48.8 Å². The number of nitrogens with two attached hydrogens (primary N) is 1. The van der Waals surface area contributed by atoms with Crippen molar-refractivity contribution in [1.82, 2.24) is 10.7 Å². The normalized spacial score (nSPS) is 12.0. The molecular weight excluding hydrogens is 424 g/mol. The van der Waals surface area contributed by atoms with Gasteiger partial charge in [-0.3, -0.25) is 15.0 Å². The quantitative estimate of drug-likeness (QED) is 0.204. The maximum atomic E-state index is 12.7. The number of ether oxygens (including phenoxy) is 1. The van der Waals surface area contributed by atoms with Crippen molar-refractivity contribution in [2.45, 2.75) is 53.6 Å². The van der Waals surface area contributed by atoms with E-state index in [0.717, 1.165) is 18.8 Å². The number of hydrogen-bond acceptors (Lipinski definition) is 7. The molecule has 0 fully saturated rings. The molecule has 0 saturated carbocycles. The van der Waals surface area contributed by atoms with Crippen LogP contribution in [0.2, 0.25) is 0 Å². The third kappa shape index (κ3) is 6.79. The minimum Gasteiger partial charge on any atom is -0.422 e. The first-order chi connectivity index (χ1) is 15.4. The summed E-state index contributed by atoms with van der Waals surface area (Å²) >= 11 is 0. The predicted octanol–water partition coefficient (Wildman–Crippen LogP) is 2.57. The first kappa shape index (κ1) is 26.3. The Labute approximate surface area is 194 Å². The molecule has 0 aliphatic rings. The molecule has 0 spiro atoms. The predicted molar refractivity (Wildman–Crippen MR) is 129 cm³/mol. The topological polar surface area (TPSA) is 127 Å². The van der Waals surface area contributed by atoms with Gasteiger partial charge in [-0.25, -0.2) is 10.6 Å². The Morgan fingerprint density at radius 1 is 1.12 bits per heavy atom. The Kier molecular flexibility index (Phi) is 8.63. The largest absolute Gasteiger partial charge is 0.422 e. The lowest BCUT2D eigenvalue weighted by atomic mass is 9.89. The minimum atomic E-state index is -0.708. The summed E-state index contributed by atoms with van der Waals surface area (Å²) < 4.78 is 11.3. The Hall–Kier alpha value is -2.91. The number of rotatable bonds is 11. The zero-order valence-corrected chi connectivity index (χ0v) is 20.4. The fourth-order valence-corrected chi connectivity index (χ4v) is 3.37. The molecule has 0 aliphatic carbocycles. The summed E-state index contributed by atoms with van der Waals surface area (Å²) in [5, 5.41) is 3.42. The zero-order chi connectivity index (χ0) is 24.8. The number of nitrogens with one attached hydrogen (secondary N) is 2. The van der Waals surface area contributed by atoms with E-state index >= 15 is 0 Å². The highest BCUT2D eigenvalue weighted by Gasteiger charge is 2.28. The molecule has 0 bridgehead atoms. The van der Waals surface area contributed by atoms with Crippen molar-refractivity contribution in [3.63, 3.8) is 0 Å². The van der Waals surface area contributed by atoms with Crippen LogP contribution in [-0.2, 0) is 9.53 Å². The van der Waals surface area contributed by atoms with E-state index in [1.807, 2.05) is 32.0 Å². The third-order valence-corrected chi connectivity index (χ3v) is 5.73. The summed E-state index contributed by atoms with van der Waals surface area (Å²) in [6.07, 6.45) is 0.456. The molecule has 1 aromatic carbocycles. The molecule has 0 aliphatic heterocycles. The van der Waals surface area contributed by atoms with Gasteiger partial charge in [-0.2, -0.15) is 0 Å². The molecule has 2 rings (SSSR count). The Morgan fingerprint density at radius 2 is 1.79 bits per heavy atom.